The molecule has 30 heavy (non-hydrogen) atoms. The second-order valence-corrected chi connectivity index (χ2v) is 6.31. The molecule has 1 heterocycles. The van der Waals surface area contributed by atoms with E-state index in [-0.39, 0.29) is 28.7 Å². The smallest absolute Gasteiger partial charge is 0.326 e. The molecular formula is C20H19NO9. The molecule has 0 saturated heterocycles. The quantitative estimate of drug-likeness (QED) is 0.229. The Kier molecular flexibility index (Phi) is 5.77. The number of non-ortho nitro benzene ring substituents is 1. The van der Waals surface area contributed by atoms with Crippen molar-refractivity contribution in [3.63, 3.8) is 0 Å². The monoisotopic (exact) mass is 417 g/mol. The Balaban J connectivity index is 2.31. The summed E-state index contributed by atoms with van der Waals surface area (Å²) in [5.74, 6) is -3.06. The number of methoxy groups -OCH3 is 4. The molecule has 1 aliphatic rings. The zero-order valence-electron chi connectivity index (χ0n) is 16.7. The number of esters is 2. The van der Waals surface area contributed by atoms with Gasteiger partial charge in [0, 0.05) is 24.1 Å². The van der Waals surface area contributed by atoms with Crippen LogP contribution in [0.4, 0.5) is 5.69 Å². The van der Waals surface area contributed by atoms with Crippen molar-refractivity contribution >= 4 is 17.6 Å². The number of benzene rings is 2. The Morgan fingerprint density at radius 1 is 1.03 bits per heavy atom. The van der Waals surface area contributed by atoms with Gasteiger partial charge in [0.05, 0.1) is 38.9 Å². The van der Waals surface area contributed by atoms with Crippen LogP contribution in [-0.4, -0.2) is 45.3 Å². The van der Waals surface area contributed by atoms with Crippen LogP contribution in [0.3, 0.4) is 0 Å². The van der Waals surface area contributed by atoms with Gasteiger partial charge in [-0.25, -0.2) is 0 Å². The number of ether oxygens (including phenoxy) is 5. The first-order valence-corrected chi connectivity index (χ1v) is 8.74. The molecule has 0 N–H and O–H groups in total. The molecule has 0 spiro atoms. The van der Waals surface area contributed by atoms with Gasteiger partial charge in [-0.3, -0.25) is 19.7 Å². The fraction of sp³-hybridized carbons (Fsp3) is 0.300. The maximum atomic E-state index is 12.7. The minimum Gasteiger partial charge on any atom is -0.493 e. The Labute approximate surface area is 171 Å². The fourth-order valence-electron chi connectivity index (χ4n) is 3.53. The number of carbonyl (C=O) groups is 2. The van der Waals surface area contributed by atoms with E-state index in [1.807, 2.05) is 0 Å². The van der Waals surface area contributed by atoms with Crippen molar-refractivity contribution in [3.05, 3.63) is 51.6 Å². The number of nitro groups is 1. The zero-order chi connectivity index (χ0) is 22.0. The molecule has 0 aliphatic carbocycles. The lowest BCUT2D eigenvalue weighted by molar-refractivity contribution is -0.384. The van der Waals surface area contributed by atoms with Gasteiger partial charge in [-0.15, -0.1) is 0 Å². The molecule has 2 aromatic carbocycles. The normalized spacial score (nSPS) is 17.4. The maximum absolute atomic E-state index is 12.7. The highest BCUT2D eigenvalue weighted by molar-refractivity contribution is 5.99. The van der Waals surface area contributed by atoms with E-state index in [1.54, 1.807) is 0 Å². The van der Waals surface area contributed by atoms with Gasteiger partial charge in [0.25, 0.3) is 5.69 Å². The van der Waals surface area contributed by atoms with E-state index in [1.165, 1.54) is 51.7 Å². The fourth-order valence-corrected chi connectivity index (χ4v) is 3.53. The number of nitro benzene ring substituents is 1. The Morgan fingerprint density at radius 3 is 2.17 bits per heavy atom. The van der Waals surface area contributed by atoms with E-state index in [2.05, 4.69) is 0 Å². The van der Waals surface area contributed by atoms with Crippen LogP contribution < -0.4 is 18.9 Å². The first kappa shape index (κ1) is 20.9. The maximum Gasteiger partial charge on any atom is 0.326 e. The second-order valence-electron chi connectivity index (χ2n) is 6.31. The van der Waals surface area contributed by atoms with E-state index in [0.717, 1.165) is 7.11 Å². The molecule has 0 bridgehead atoms. The van der Waals surface area contributed by atoms with Crippen molar-refractivity contribution in [1.82, 2.24) is 0 Å². The summed E-state index contributed by atoms with van der Waals surface area (Å²) in [7, 11) is 5.39. The molecule has 3 rings (SSSR count). The summed E-state index contributed by atoms with van der Waals surface area (Å²) < 4.78 is 26.5. The van der Waals surface area contributed by atoms with E-state index < -0.39 is 28.7 Å². The summed E-state index contributed by atoms with van der Waals surface area (Å²) in [6.07, 6.45) is 0. The Hall–Kier alpha value is -3.82. The molecule has 0 amide bonds. The predicted molar refractivity (Wildman–Crippen MR) is 102 cm³/mol. The van der Waals surface area contributed by atoms with E-state index in [0.29, 0.717) is 11.1 Å². The largest absolute Gasteiger partial charge is 0.493 e. The van der Waals surface area contributed by atoms with Crippen LogP contribution in [0.1, 0.15) is 17.0 Å². The van der Waals surface area contributed by atoms with E-state index in [4.69, 9.17) is 23.7 Å². The number of rotatable bonds is 6. The van der Waals surface area contributed by atoms with Gasteiger partial charge < -0.3 is 23.7 Å². The Bertz CT molecular complexity index is 1000. The first-order chi connectivity index (χ1) is 14.4. The molecular weight excluding hydrogens is 398 g/mol. The number of fused-ring (bicyclic) bond motifs is 1. The number of carbonyl (C=O) groups excluding carboxylic acids is 2. The molecule has 2 atom stereocenters. The average molecular weight is 417 g/mol. The van der Waals surface area contributed by atoms with Gasteiger partial charge >= 0.3 is 11.9 Å². The SMILES string of the molecule is COC(=O)C1C(=O)Oc2cc(OC)c(OC)c(OC)c2C1c1ccc([N+](=O)[O-])cc1. The summed E-state index contributed by atoms with van der Waals surface area (Å²) in [4.78, 5) is 35.7. The minimum absolute atomic E-state index is 0.123. The molecule has 0 radical (unpaired) electrons. The summed E-state index contributed by atoms with van der Waals surface area (Å²) in [5.41, 5.74) is 0.685. The van der Waals surface area contributed by atoms with Crippen LogP contribution in [0.2, 0.25) is 0 Å². The molecule has 10 heteroatoms. The van der Waals surface area contributed by atoms with Crippen molar-refractivity contribution < 1.29 is 38.2 Å². The van der Waals surface area contributed by atoms with Crippen molar-refractivity contribution in [2.24, 2.45) is 5.92 Å². The van der Waals surface area contributed by atoms with Crippen molar-refractivity contribution in [2.75, 3.05) is 28.4 Å². The average Bonchev–Trinajstić information content (AvgIpc) is 2.76. The second kappa shape index (κ2) is 8.27. The van der Waals surface area contributed by atoms with E-state index >= 15 is 0 Å². The molecule has 0 aromatic heterocycles. The topological polar surface area (TPSA) is 123 Å². The third kappa shape index (κ3) is 3.36. The zero-order valence-corrected chi connectivity index (χ0v) is 16.7. The van der Waals surface area contributed by atoms with Crippen LogP contribution in [0.25, 0.3) is 0 Å². The standard InChI is InChI=1S/C20H19NO9/c1-26-13-9-12-15(18(28-3)17(13)27-2)14(16(19(22)29-4)20(23)30-12)10-5-7-11(8-6-10)21(24)25/h5-9,14,16H,1-4H3. The molecule has 2 aromatic rings. The van der Waals surface area contributed by atoms with Crippen LogP contribution in [-0.2, 0) is 14.3 Å². The minimum atomic E-state index is -1.35. The van der Waals surface area contributed by atoms with Gasteiger partial charge in [-0.2, -0.15) is 0 Å². The highest BCUT2D eigenvalue weighted by Gasteiger charge is 2.47. The van der Waals surface area contributed by atoms with Crippen molar-refractivity contribution in [1.29, 1.82) is 0 Å². The summed E-state index contributed by atoms with van der Waals surface area (Å²) >= 11 is 0. The molecule has 2 unspecified atom stereocenters. The summed E-state index contributed by atoms with van der Waals surface area (Å²) in [6.45, 7) is 0. The highest BCUT2D eigenvalue weighted by atomic mass is 16.6. The van der Waals surface area contributed by atoms with Crippen LogP contribution >= 0.6 is 0 Å². The summed E-state index contributed by atoms with van der Waals surface area (Å²) in [6, 6.07) is 6.97. The predicted octanol–water partition coefficient (Wildman–Crippen LogP) is 2.46. The molecule has 158 valence electrons. The van der Waals surface area contributed by atoms with Crippen LogP contribution in [0.5, 0.6) is 23.0 Å². The van der Waals surface area contributed by atoms with Crippen LogP contribution in [0.15, 0.2) is 30.3 Å². The van der Waals surface area contributed by atoms with Gasteiger partial charge in [0.1, 0.15) is 5.75 Å². The highest BCUT2D eigenvalue weighted by Crippen LogP contribution is 2.54. The number of nitrogens with zero attached hydrogens (tertiary/aromatic N) is 1. The lowest BCUT2D eigenvalue weighted by Gasteiger charge is -2.32. The number of hydrogen-bond donors (Lipinski definition) is 0. The van der Waals surface area contributed by atoms with Crippen molar-refractivity contribution in [3.8, 4) is 23.0 Å². The summed E-state index contributed by atoms with van der Waals surface area (Å²) in [5, 5.41) is 11.0. The Morgan fingerprint density at radius 2 is 1.67 bits per heavy atom. The van der Waals surface area contributed by atoms with Gasteiger partial charge in [-0.05, 0) is 5.56 Å². The molecule has 0 saturated carbocycles. The lowest BCUT2D eigenvalue weighted by Crippen LogP contribution is -2.38. The molecule has 0 fully saturated rings. The van der Waals surface area contributed by atoms with Crippen molar-refractivity contribution in [2.45, 2.75) is 5.92 Å². The molecule has 10 nitrogen and oxygen atoms in total. The first-order valence-electron chi connectivity index (χ1n) is 8.74. The van der Waals surface area contributed by atoms with Gasteiger partial charge in [-0.1, -0.05) is 12.1 Å². The lowest BCUT2D eigenvalue weighted by atomic mass is 9.78. The third-order valence-electron chi connectivity index (χ3n) is 4.86. The van der Waals surface area contributed by atoms with Gasteiger partial charge in [0.2, 0.25) is 5.75 Å². The molecule has 1 aliphatic heterocycles. The van der Waals surface area contributed by atoms with Gasteiger partial charge in [0.15, 0.2) is 17.4 Å². The third-order valence-corrected chi connectivity index (χ3v) is 4.86. The number of hydrogen-bond acceptors (Lipinski definition) is 9. The van der Waals surface area contributed by atoms with E-state index in [9.17, 15) is 19.7 Å². The van der Waals surface area contributed by atoms with Crippen LogP contribution in [0, 0.1) is 16.0 Å².